The molecule has 3 aliphatic rings. The monoisotopic (exact) mass is 410 g/mol. The zero-order valence-electron chi connectivity index (χ0n) is 17.4. The van der Waals surface area contributed by atoms with Crippen LogP contribution in [0.5, 0.6) is 11.5 Å². The van der Waals surface area contributed by atoms with Crippen LogP contribution in [0.2, 0.25) is 0 Å². The van der Waals surface area contributed by atoms with E-state index in [9.17, 15) is 0 Å². The van der Waals surface area contributed by atoms with E-state index in [0.29, 0.717) is 6.79 Å². The number of nitrogens with two attached hydrogens (primary N) is 1. The minimum absolute atomic E-state index is 0.317. The highest BCUT2D eigenvalue weighted by atomic mass is 16.7. The number of benzene rings is 1. The number of ether oxygens (including phenoxy) is 2. The molecule has 5 rings (SSSR count). The van der Waals surface area contributed by atoms with Crippen molar-refractivity contribution in [3.63, 3.8) is 0 Å². The number of rotatable bonds is 4. The highest BCUT2D eigenvalue weighted by Crippen LogP contribution is 2.33. The summed E-state index contributed by atoms with van der Waals surface area (Å²) in [5.74, 6) is 3.47. The summed E-state index contributed by atoms with van der Waals surface area (Å²) in [6.07, 6.45) is 6.67. The van der Waals surface area contributed by atoms with Gasteiger partial charge in [0, 0.05) is 45.8 Å². The van der Waals surface area contributed by atoms with Crippen molar-refractivity contribution in [1.82, 2.24) is 14.9 Å². The number of hydrogen-bond donors (Lipinski definition) is 1. The maximum Gasteiger partial charge on any atom is 0.231 e. The number of aromatic nitrogens is 2. The highest BCUT2D eigenvalue weighted by Gasteiger charge is 2.24. The first kappa shape index (κ1) is 19.2. The molecule has 30 heavy (non-hydrogen) atoms. The van der Waals surface area contributed by atoms with Gasteiger partial charge in [-0.25, -0.2) is 9.97 Å². The van der Waals surface area contributed by atoms with Gasteiger partial charge >= 0.3 is 0 Å². The van der Waals surface area contributed by atoms with Gasteiger partial charge in [0.1, 0.15) is 12.0 Å². The van der Waals surface area contributed by atoms with Crippen LogP contribution in [-0.2, 0) is 6.54 Å². The Hall–Kier alpha value is -2.74. The van der Waals surface area contributed by atoms with Gasteiger partial charge in [-0.3, -0.25) is 4.90 Å². The molecule has 2 aromatic rings. The van der Waals surface area contributed by atoms with Crippen molar-refractivity contribution in [3.8, 4) is 11.5 Å². The highest BCUT2D eigenvalue weighted by molar-refractivity contribution is 5.75. The van der Waals surface area contributed by atoms with Crippen LogP contribution in [0.25, 0.3) is 0 Å². The van der Waals surface area contributed by atoms with Gasteiger partial charge in [-0.15, -0.1) is 0 Å². The summed E-state index contributed by atoms with van der Waals surface area (Å²) in [6, 6.07) is 6.21. The van der Waals surface area contributed by atoms with Crippen molar-refractivity contribution in [2.75, 3.05) is 61.6 Å². The van der Waals surface area contributed by atoms with Crippen LogP contribution in [-0.4, -0.2) is 60.9 Å². The van der Waals surface area contributed by atoms with Crippen LogP contribution < -0.4 is 25.0 Å². The molecule has 2 fully saturated rings. The maximum atomic E-state index is 6.56. The summed E-state index contributed by atoms with van der Waals surface area (Å²) in [4.78, 5) is 16.2. The molecule has 0 unspecified atom stereocenters. The molecule has 0 saturated carbocycles. The first-order valence-electron chi connectivity index (χ1n) is 11.0. The lowest BCUT2D eigenvalue weighted by atomic mass is 10.1. The van der Waals surface area contributed by atoms with E-state index in [1.165, 1.54) is 31.2 Å². The summed E-state index contributed by atoms with van der Waals surface area (Å²) >= 11 is 0. The van der Waals surface area contributed by atoms with Crippen molar-refractivity contribution in [3.05, 3.63) is 30.1 Å². The topological polar surface area (TPSA) is 80.0 Å². The first-order chi connectivity index (χ1) is 14.8. The lowest BCUT2D eigenvalue weighted by molar-refractivity contribution is 0.174. The number of fused-ring (bicyclic) bond motifs is 1. The summed E-state index contributed by atoms with van der Waals surface area (Å²) in [7, 11) is 0. The fraction of sp³-hybridized carbons (Fsp3) is 0.545. The average molecular weight is 411 g/mol. The second-order valence-corrected chi connectivity index (χ2v) is 8.29. The van der Waals surface area contributed by atoms with Crippen LogP contribution in [0.15, 0.2) is 24.5 Å². The second kappa shape index (κ2) is 8.55. The number of nitrogens with zero attached hydrogens (tertiary/aromatic N) is 5. The Morgan fingerprint density at radius 3 is 2.20 bits per heavy atom. The zero-order valence-corrected chi connectivity index (χ0v) is 17.4. The normalized spacial score (nSPS) is 19.7. The number of anilines is 3. The van der Waals surface area contributed by atoms with Crippen LogP contribution >= 0.6 is 0 Å². The Morgan fingerprint density at radius 1 is 0.800 bits per heavy atom. The van der Waals surface area contributed by atoms with Gasteiger partial charge < -0.3 is 25.0 Å². The molecular formula is C22H30N6O2. The van der Waals surface area contributed by atoms with Crippen molar-refractivity contribution < 1.29 is 9.47 Å². The third-order valence-electron chi connectivity index (χ3n) is 6.26. The third-order valence-corrected chi connectivity index (χ3v) is 6.26. The Morgan fingerprint density at radius 2 is 1.47 bits per heavy atom. The molecule has 4 heterocycles. The molecule has 0 atom stereocenters. The molecule has 0 bridgehead atoms. The fourth-order valence-corrected chi connectivity index (χ4v) is 4.58. The van der Waals surface area contributed by atoms with Crippen LogP contribution in [0, 0.1) is 0 Å². The molecule has 0 spiro atoms. The summed E-state index contributed by atoms with van der Waals surface area (Å²) in [5.41, 5.74) is 8.53. The molecule has 0 radical (unpaired) electrons. The summed E-state index contributed by atoms with van der Waals surface area (Å²) < 4.78 is 10.9. The van der Waals surface area contributed by atoms with E-state index in [1.807, 2.05) is 6.07 Å². The molecule has 160 valence electrons. The Kier molecular flexibility index (Phi) is 5.48. The molecule has 2 N–H and O–H groups in total. The summed E-state index contributed by atoms with van der Waals surface area (Å²) in [6.45, 7) is 7.04. The Labute approximate surface area is 177 Å². The molecular weight excluding hydrogens is 380 g/mol. The quantitative estimate of drug-likeness (QED) is 0.824. The SMILES string of the molecule is Nc1c(N2CCCCCC2)ncnc1N1CCN(Cc2ccc3c(c2)OCO3)CC1. The standard InChI is InChI=1S/C22H30N6O2/c23-20-21(27-7-3-1-2-4-8-27)24-15-25-22(20)28-11-9-26(10-12-28)14-17-5-6-18-19(13-17)30-16-29-18/h5-6,13,15H,1-4,7-12,14,16,23H2. The van der Waals surface area contributed by atoms with E-state index < -0.39 is 0 Å². The maximum absolute atomic E-state index is 6.56. The van der Waals surface area contributed by atoms with Gasteiger partial charge in [0.05, 0.1) is 0 Å². The first-order valence-corrected chi connectivity index (χ1v) is 11.0. The Bertz CT molecular complexity index is 876. The molecule has 0 aliphatic carbocycles. The predicted molar refractivity (Wildman–Crippen MR) is 117 cm³/mol. The minimum atomic E-state index is 0.317. The molecule has 1 aromatic heterocycles. The molecule has 0 amide bonds. The Balaban J connectivity index is 1.23. The molecule has 1 aromatic carbocycles. The largest absolute Gasteiger partial charge is 0.454 e. The zero-order chi connectivity index (χ0) is 20.3. The number of hydrogen-bond acceptors (Lipinski definition) is 8. The van der Waals surface area contributed by atoms with Crippen molar-refractivity contribution >= 4 is 17.3 Å². The van der Waals surface area contributed by atoms with Crippen LogP contribution in [0.3, 0.4) is 0 Å². The molecule has 8 heteroatoms. The second-order valence-electron chi connectivity index (χ2n) is 8.29. The van der Waals surface area contributed by atoms with Gasteiger partial charge in [-0.05, 0) is 30.5 Å². The third kappa shape index (κ3) is 3.96. The van der Waals surface area contributed by atoms with Crippen LogP contribution in [0.1, 0.15) is 31.2 Å². The molecule has 8 nitrogen and oxygen atoms in total. The van der Waals surface area contributed by atoms with E-state index in [4.69, 9.17) is 15.2 Å². The summed E-state index contributed by atoms with van der Waals surface area (Å²) in [5, 5.41) is 0. The number of piperazine rings is 1. The molecule has 3 aliphatic heterocycles. The van der Waals surface area contributed by atoms with Gasteiger partial charge in [0.15, 0.2) is 23.1 Å². The predicted octanol–water partition coefficient (Wildman–Crippen LogP) is 2.49. The smallest absolute Gasteiger partial charge is 0.231 e. The van der Waals surface area contributed by atoms with Gasteiger partial charge in [0.25, 0.3) is 0 Å². The van der Waals surface area contributed by atoms with Gasteiger partial charge in [-0.1, -0.05) is 18.9 Å². The van der Waals surface area contributed by atoms with Gasteiger partial charge in [-0.2, -0.15) is 0 Å². The van der Waals surface area contributed by atoms with Gasteiger partial charge in [0.2, 0.25) is 6.79 Å². The van der Waals surface area contributed by atoms with Crippen molar-refractivity contribution in [2.24, 2.45) is 0 Å². The minimum Gasteiger partial charge on any atom is -0.454 e. The fourth-order valence-electron chi connectivity index (χ4n) is 4.58. The average Bonchev–Trinajstić information content (AvgIpc) is 3.07. The van der Waals surface area contributed by atoms with Crippen molar-refractivity contribution in [2.45, 2.75) is 32.2 Å². The van der Waals surface area contributed by atoms with E-state index >= 15 is 0 Å². The van der Waals surface area contributed by atoms with Crippen molar-refractivity contribution in [1.29, 1.82) is 0 Å². The number of nitrogen functional groups attached to an aromatic ring is 1. The lowest BCUT2D eigenvalue weighted by Gasteiger charge is -2.36. The lowest BCUT2D eigenvalue weighted by Crippen LogP contribution is -2.46. The van der Waals surface area contributed by atoms with E-state index in [2.05, 4.69) is 36.8 Å². The molecule has 2 saturated heterocycles. The van der Waals surface area contributed by atoms with E-state index in [0.717, 1.165) is 74.6 Å². The van der Waals surface area contributed by atoms with E-state index in [-0.39, 0.29) is 0 Å². The van der Waals surface area contributed by atoms with E-state index in [1.54, 1.807) is 6.33 Å². The van der Waals surface area contributed by atoms with Crippen LogP contribution in [0.4, 0.5) is 17.3 Å².